The molecule has 31 heavy (non-hydrogen) atoms. The number of hydrogen-bond donors (Lipinski definition) is 1. The van der Waals surface area contributed by atoms with E-state index in [9.17, 15) is 14.7 Å². The first-order valence-corrected chi connectivity index (χ1v) is 10.6. The number of hydrogen-bond acceptors (Lipinski definition) is 5. The smallest absolute Gasteiger partial charge is 0.545 e. The van der Waals surface area contributed by atoms with Crippen molar-refractivity contribution in [1.82, 2.24) is 5.32 Å². The Morgan fingerprint density at radius 1 is 1.13 bits per heavy atom. The molecule has 2 aromatic rings. The van der Waals surface area contributed by atoms with Crippen LogP contribution in [0.2, 0.25) is 0 Å². The van der Waals surface area contributed by atoms with Crippen molar-refractivity contribution >= 4 is 17.6 Å². The molecule has 0 saturated carbocycles. The third-order valence-electron chi connectivity index (χ3n) is 5.41. The van der Waals surface area contributed by atoms with Gasteiger partial charge in [0.15, 0.2) is 0 Å². The van der Waals surface area contributed by atoms with Crippen molar-refractivity contribution in [1.29, 1.82) is 0 Å². The van der Waals surface area contributed by atoms with Crippen molar-refractivity contribution in [2.45, 2.75) is 45.6 Å². The molecule has 1 saturated heterocycles. The zero-order valence-electron chi connectivity index (χ0n) is 18.6. The van der Waals surface area contributed by atoms with E-state index in [1.807, 2.05) is 19.1 Å². The molecule has 1 fully saturated rings. The van der Waals surface area contributed by atoms with E-state index in [2.05, 4.69) is 22.3 Å². The van der Waals surface area contributed by atoms with Gasteiger partial charge in [-0.05, 0) is 62.4 Å². The van der Waals surface area contributed by atoms with Crippen LogP contribution in [0.3, 0.4) is 0 Å². The van der Waals surface area contributed by atoms with Crippen LogP contribution in [0.4, 0.5) is 5.69 Å². The molecule has 0 aromatic heterocycles. The van der Waals surface area contributed by atoms with Crippen LogP contribution < -0.4 is 49.6 Å². The number of anilines is 1. The van der Waals surface area contributed by atoms with Gasteiger partial charge in [-0.3, -0.25) is 4.79 Å². The fourth-order valence-corrected chi connectivity index (χ4v) is 3.95. The molecular formula is C24H29N2NaO4. The fraction of sp³-hybridized carbons (Fsp3) is 0.417. The third kappa shape index (κ3) is 6.73. The van der Waals surface area contributed by atoms with Gasteiger partial charge in [0, 0.05) is 24.3 Å². The van der Waals surface area contributed by atoms with Gasteiger partial charge in [-0.25, -0.2) is 0 Å². The normalized spacial score (nSPS) is 14.3. The van der Waals surface area contributed by atoms with Gasteiger partial charge in [-0.1, -0.05) is 24.3 Å². The number of para-hydroxylation sites is 1. The molecule has 1 amide bonds. The molecule has 160 valence electrons. The van der Waals surface area contributed by atoms with Crippen LogP contribution in [0, 0.1) is 0 Å². The molecule has 1 unspecified atom stereocenters. The molecule has 0 aliphatic carbocycles. The molecule has 1 heterocycles. The second-order valence-electron chi connectivity index (χ2n) is 7.62. The fourth-order valence-electron chi connectivity index (χ4n) is 3.95. The predicted octanol–water partition coefficient (Wildman–Crippen LogP) is -0.137. The zero-order valence-corrected chi connectivity index (χ0v) is 20.6. The molecule has 6 nitrogen and oxygen atoms in total. The van der Waals surface area contributed by atoms with Gasteiger partial charge in [0.2, 0.25) is 5.91 Å². The summed E-state index contributed by atoms with van der Waals surface area (Å²) in [6, 6.07) is 12.7. The Morgan fingerprint density at radius 2 is 1.84 bits per heavy atom. The summed E-state index contributed by atoms with van der Waals surface area (Å²) in [6.45, 7) is 6.19. The largest absolute Gasteiger partial charge is 1.00 e. The van der Waals surface area contributed by atoms with E-state index in [1.165, 1.54) is 31.0 Å². The number of amides is 1. The molecule has 1 N–H and O–H groups in total. The van der Waals surface area contributed by atoms with Gasteiger partial charge in [0.05, 0.1) is 25.0 Å². The summed E-state index contributed by atoms with van der Waals surface area (Å²) in [5, 5.41) is 14.3. The van der Waals surface area contributed by atoms with Crippen LogP contribution in [0.5, 0.6) is 5.75 Å². The van der Waals surface area contributed by atoms with Gasteiger partial charge in [0.25, 0.3) is 0 Å². The van der Waals surface area contributed by atoms with Gasteiger partial charge in [-0.2, -0.15) is 0 Å². The maximum atomic E-state index is 12.7. The first kappa shape index (κ1) is 25.2. The minimum atomic E-state index is -1.29. The molecule has 0 bridgehead atoms. The Bertz CT molecular complexity index is 897. The number of carbonyl (C=O) groups excluding carboxylic acids is 2. The molecule has 7 heteroatoms. The third-order valence-corrected chi connectivity index (χ3v) is 5.41. The first-order valence-electron chi connectivity index (χ1n) is 10.6. The monoisotopic (exact) mass is 432 g/mol. The van der Waals surface area contributed by atoms with Gasteiger partial charge in [0.1, 0.15) is 5.75 Å². The summed E-state index contributed by atoms with van der Waals surface area (Å²) < 4.78 is 5.40. The van der Waals surface area contributed by atoms with Gasteiger partial charge < -0.3 is 24.9 Å². The molecule has 0 radical (unpaired) electrons. The number of piperidine rings is 1. The van der Waals surface area contributed by atoms with Crippen molar-refractivity contribution < 1.29 is 49.0 Å². The van der Waals surface area contributed by atoms with E-state index < -0.39 is 5.97 Å². The van der Waals surface area contributed by atoms with Gasteiger partial charge >= 0.3 is 29.6 Å². The average Bonchev–Trinajstić information content (AvgIpc) is 2.74. The zero-order chi connectivity index (χ0) is 21.5. The van der Waals surface area contributed by atoms with Crippen LogP contribution in [-0.4, -0.2) is 31.6 Å². The maximum Gasteiger partial charge on any atom is 1.00 e. The van der Waals surface area contributed by atoms with Crippen LogP contribution >= 0.6 is 0 Å². The number of nitrogens with zero attached hydrogens (tertiary/aromatic N) is 1. The Balaban J connectivity index is 0.00000341. The Morgan fingerprint density at radius 3 is 2.52 bits per heavy atom. The molecule has 1 aliphatic heterocycles. The standard InChI is InChI=1S/C24H30N2O4.Na/c1-3-30-22-15-18(11-12-20(22)24(28)29)16-23(27)25-17(2)19-9-5-6-10-21(19)26-13-7-4-8-14-26;/h5-6,9-12,15,17H,3-4,7-8,13-14,16H2,1-2H3,(H,25,27)(H,28,29);/q;+1/p-1. The number of carboxylic acid groups (broad SMARTS) is 1. The summed E-state index contributed by atoms with van der Waals surface area (Å²) in [6.07, 6.45) is 3.80. The predicted molar refractivity (Wildman–Crippen MR) is 115 cm³/mol. The summed E-state index contributed by atoms with van der Waals surface area (Å²) in [5.74, 6) is -1.19. The number of nitrogens with one attached hydrogen (secondary N) is 1. The minimum absolute atomic E-state index is 0. The SMILES string of the molecule is CCOc1cc(CC(=O)NC(C)c2ccccc2N2CCCCC2)ccc1C(=O)[O-].[Na+]. The van der Waals surface area contributed by atoms with Crippen molar-refractivity contribution in [2.24, 2.45) is 0 Å². The minimum Gasteiger partial charge on any atom is -0.545 e. The Kier molecular flexibility index (Phi) is 9.88. The molecular weight excluding hydrogens is 403 g/mol. The van der Waals surface area contributed by atoms with Crippen LogP contribution in [0.25, 0.3) is 0 Å². The maximum absolute atomic E-state index is 12.7. The summed E-state index contributed by atoms with van der Waals surface area (Å²) in [5.41, 5.74) is 2.97. The average molecular weight is 432 g/mol. The number of aromatic carboxylic acids is 1. The molecule has 1 atom stereocenters. The second kappa shape index (κ2) is 12.1. The van der Waals surface area contributed by atoms with E-state index in [0.717, 1.165) is 18.7 Å². The number of carbonyl (C=O) groups is 2. The van der Waals surface area contributed by atoms with Crippen molar-refractivity contribution in [2.75, 3.05) is 24.6 Å². The second-order valence-corrected chi connectivity index (χ2v) is 7.62. The Hall–Kier alpha value is -2.02. The van der Waals surface area contributed by atoms with E-state index >= 15 is 0 Å². The summed E-state index contributed by atoms with van der Waals surface area (Å²) >= 11 is 0. The van der Waals surface area contributed by atoms with Gasteiger partial charge in [-0.15, -0.1) is 0 Å². The summed E-state index contributed by atoms with van der Waals surface area (Å²) in [7, 11) is 0. The van der Waals surface area contributed by atoms with E-state index in [1.54, 1.807) is 19.1 Å². The molecule has 1 aliphatic rings. The number of ether oxygens (including phenoxy) is 1. The quantitative estimate of drug-likeness (QED) is 0.588. The topological polar surface area (TPSA) is 81.7 Å². The van der Waals surface area contributed by atoms with Crippen LogP contribution in [0.15, 0.2) is 42.5 Å². The number of rotatable bonds is 8. The summed E-state index contributed by atoms with van der Waals surface area (Å²) in [4.78, 5) is 26.3. The Labute approximate surface area is 206 Å². The molecule has 0 spiro atoms. The van der Waals surface area contributed by atoms with Crippen LogP contribution in [0.1, 0.15) is 60.6 Å². The van der Waals surface area contributed by atoms with Crippen LogP contribution in [-0.2, 0) is 11.2 Å². The van der Waals surface area contributed by atoms with E-state index in [-0.39, 0.29) is 59.2 Å². The van der Waals surface area contributed by atoms with Crippen molar-refractivity contribution in [3.63, 3.8) is 0 Å². The van der Waals surface area contributed by atoms with E-state index in [4.69, 9.17) is 4.74 Å². The van der Waals surface area contributed by atoms with E-state index in [0.29, 0.717) is 12.2 Å². The number of benzene rings is 2. The molecule has 2 aromatic carbocycles. The van der Waals surface area contributed by atoms with Crippen molar-refractivity contribution in [3.8, 4) is 5.75 Å². The van der Waals surface area contributed by atoms with Crippen molar-refractivity contribution in [3.05, 3.63) is 59.2 Å². The number of carboxylic acids is 1. The first-order chi connectivity index (χ1) is 14.5. The molecule has 3 rings (SSSR count).